The minimum Gasteiger partial charge on any atom is -0.497 e. The molecule has 1 aromatic rings. The van der Waals surface area contributed by atoms with Gasteiger partial charge in [-0.2, -0.15) is 0 Å². The Morgan fingerprint density at radius 2 is 2.00 bits per heavy atom. The Hall–Kier alpha value is -1.69. The highest BCUT2D eigenvalue weighted by molar-refractivity contribution is 5.79. The topological polar surface area (TPSA) is 54.0 Å². The summed E-state index contributed by atoms with van der Waals surface area (Å²) in [5.41, 5.74) is 0.944. The van der Waals surface area contributed by atoms with E-state index in [4.69, 9.17) is 18.9 Å². The summed E-state index contributed by atoms with van der Waals surface area (Å²) in [6, 6.07) is 7.64. The van der Waals surface area contributed by atoms with Gasteiger partial charge in [0.25, 0.3) is 0 Å². The van der Waals surface area contributed by atoms with Crippen LogP contribution in [0.1, 0.15) is 32.1 Å². The van der Waals surface area contributed by atoms with Gasteiger partial charge in [0.05, 0.1) is 19.8 Å². The summed E-state index contributed by atoms with van der Waals surface area (Å²) in [5, 5.41) is 0. The Kier molecular flexibility index (Phi) is 5.33. The Morgan fingerprint density at radius 3 is 2.62 bits per heavy atom. The number of carbonyl (C=O) groups is 1. The summed E-state index contributed by atoms with van der Waals surface area (Å²) in [4.78, 5) is 11.7. The van der Waals surface area contributed by atoms with E-state index in [2.05, 4.69) is 0 Å². The van der Waals surface area contributed by atoms with Gasteiger partial charge in [-0.1, -0.05) is 31.2 Å². The summed E-state index contributed by atoms with van der Waals surface area (Å²) < 4.78 is 23.0. The molecule has 0 radical (unpaired) electrons. The van der Waals surface area contributed by atoms with Crippen molar-refractivity contribution in [2.24, 2.45) is 5.92 Å². The van der Waals surface area contributed by atoms with E-state index in [-0.39, 0.29) is 30.0 Å². The molecule has 0 aromatic heterocycles. The van der Waals surface area contributed by atoms with Gasteiger partial charge in [-0.15, -0.1) is 0 Å². The SMILES string of the molecule is CCC(C(C)=O)C1C=CC2OC(c3ccc(OC)cc3)OCC2O1. The molecule has 0 N–H and O–H groups in total. The Balaban J connectivity index is 1.67. The summed E-state index contributed by atoms with van der Waals surface area (Å²) in [5.74, 6) is 0.840. The van der Waals surface area contributed by atoms with Gasteiger partial charge in [-0.3, -0.25) is 4.79 Å². The van der Waals surface area contributed by atoms with E-state index >= 15 is 0 Å². The van der Waals surface area contributed by atoms with Crippen LogP contribution in [0.15, 0.2) is 36.4 Å². The predicted octanol–water partition coefficient (Wildman–Crippen LogP) is 3.05. The van der Waals surface area contributed by atoms with Crippen molar-refractivity contribution in [1.82, 2.24) is 0 Å². The lowest BCUT2D eigenvalue weighted by Gasteiger charge is -2.40. The molecule has 24 heavy (non-hydrogen) atoms. The van der Waals surface area contributed by atoms with Gasteiger partial charge in [0.2, 0.25) is 0 Å². The van der Waals surface area contributed by atoms with E-state index < -0.39 is 6.29 Å². The molecule has 1 aromatic carbocycles. The zero-order chi connectivity index (χ0) is 17.1. The Labute approximate surface area is 142 Å². The third-order valence-electron chi connectivity index (χ3n) is 4.63. The minimum absolute atomic E-state index is 0.110. The Bertz CT molecular complexity index is 594. The smallest absolute Gasteiger partial charge is 0.184 e. The number of hydrogen-bond donors (Lipinski definition) is 0. The molecule has 5 heteroatoms. The highest BCUT2D eigenvalue weighted by Gasteiger charge is 2.38. The number of ketones is 1. The van der Waals surface area contributed by atoms with Crippen LogP contribution in [0.25, 0.3) is 0 Å². The molecule has 5 unspecified atom stereocenters. The number of rotatable bonds is 5. The van der Waals surface area contributed by atoms with Crippen LogP contribution in [0.3, 0.4) is 0 Å². The van der Waals surface area contributed by atoms with Crippen molar-refractivity contribution in [2.45, 2.75) is 44.9 Å². The summed E-state index contributed by atoms with van der Waals surface area (Å²) in [6.45, 7) is 4.06. The molecule has 0 bridgehead atoms. The Morgan fingerprint density at radius 1 is 1.25 bits per heavy atom. The lowest BCUT2D eigenvalue weighted by atomic mass is 9.92. The van der Waals surface area contributed by atoms with Crippen LogP contribution in [-0.2, 0) is 19.0 Å². The molecule has 1 saturated heterocycles. The molecule has 0 amide bonds. The largest absolute Gasteiger partial charge is 0.497 e. The van der Waals surface area contributed by atoms with E-state index in [1.807, 2.05) is 43.3 Å². The maximum atomic E-state index is 11.7. The molecule has 3 rings (SSSR count). The van der Waals surface area contributed by atoms with Gasteiger partial charge < -0.3 is 18.9 Å². The van der Waals surface area contributed by atoms with Gasteiger partial charge in [0.15, 0.2) is 6.29 Å². The van der Waals surface area contributed by atoms with Crippen LogP contribution >= 0.6 is 0 Å². The zero-order valence-electron chi connectivity index (χ0n) is 14.3. The molecule has 2 aliphatic rings. The van der Waals surface area contributed by atoms with Crippen molar-refractivity contribution in [1.29, 1.82) is 0 Å². The first-order chi connectivity index (χ1) is 11.6. The average molecular weight is 332 g/mol. The van der Waals surface area contributed by atoms with E-state index in [1.54, 1.807) is 14.0 Å². The normalized spacial score (nSPS) is 30.5. The lowest BCUT2D eigenvalue weighted by molar-refractivity contribution is -0.264. The maximum absolute atomic E-state index is 11.7. The fraction of sp³-hybridized carbons (Fsp3) is 0.526. The quantitative estimate of drug-likeness (QED) is 0.776. The van der Waals surface area contributed by atoms with Crippen LogP contribution < -0.4 is 4.74 Å². The standard InChI is InChI=1S/C19H24O5/c1-4-15(12(2)20)16-9-10-17-18(23-16)11-22-19(24-17)13-5-7-14(21-3)8-6-13/h5-10,15-19H,4,11H2,1-3H3. The van der Waals surface area contributed by atoms with Gasteiger partial charge in [0, 0.05) is 11.5 Å². The molecular weight excluding hydrogens is 308 g/mol. The third kappa shape index (κ3) is 3.53. The fourth-order valence-corrected chi connectivity index (χ4v) is 3.21. The molecule has 0 spiro atoms. The van der Waals surface area contributed by atoms with Gasteiger partial charge >= 0.3 is 0 Å². The van der Waals surface area contributed by atoms with Crippen LogP contribution in [-0.4, -0.2) is 37.8 Å². The number of fused-ring (bicyclic) bond motifs is 1. The molecule has 130 valence electrons. The van der Waals surface area contributed by atoms with Gasteiger partial charge in [-0.05, 0) is 25.5 Å². The number of benzene rings is 1. The molecule has 0 saturated carbocycles. The van der Waals surface area contributed by atoms with Gasteiger partial charge in [0.1, 0.15) is 23.7 Å². The van der Waals surface area contributed by atoms with Crippen LogP contribution in [0, 0.1) is 5.92 Å². The molecule has 2 heterocycles. The number of Topliss-reactive ketones (excluding diaryl/α,β-unsaturated/α-hetero) is 1. The molecule has 2 aliphatic heterocycles. The van der Waals surface area contributed by atoms with Crippen LogP contribution in [0.5, 0.6) is 5.75 Å². The van der Waals surface area contributed by atoms with Crippen LogP contribution in [0.4, 0.5) is 0 Å². The van der Waals surface area contributed by atoms with E-state index in [1.165, 1.54) is 0 Å². The minimum atomic E-state index is -0.420. The van der Waals surface area contributed by atoms with E-state index in [0.717, 1.165) is 17.7 Å². The molecule has 5 atom stereocenters. The third-order valence-corrected chi connectivity index (χ3v) is 4.63. The number of ether oxygens (including phenoxy) is 4. The van der Waals surface area contributed by atoms with Crippen molar-refractivity contribution in [3.8, 4) is 5.75 Å². The highest BCUT2D eigenvalue weighted by atomic mass is 16.7. The average Bonchev–Trinajstić information content (AvgIpc) is 2.61. The second-order valence-corrected chi connectivity index (χ2v) is 6.19. The van der Waals surface area contributed by atoms with E-state index in [9.17, 15) is 4.79 Å². The summed E-state index contributed by atoms with van der Waals surface area (Å²) in [6.07, 6.45) is 3.76. The zero-order valence-corrected chi connectivity index (χ0v) is 14.3. The van der Waals surface area contributed by atoms with Crippen molar-refractivity contribution in [3.05, 3.63) is 42.0 Å². The van der Waals surface area contributed by atoms with Crippen molar-refractivity contribution in [2.75, 3.05) is 13.7 Å². The first kappa shape index (κ1) is 17.1. The first-order valence-electron chi connectivity index (χ1n) is 8.37. The second-order valence-electron chi connectivity index (χ2n) is 6.19. The molecule has 0 aliphatic carbocycles. The molecule has 5 nitrogen and oxygen atoms in total. The van der Waals surface area contributed by atoms with Crippen molar-refractivity contribution >= 4 is 5.78 Å². The molecule has 1 fully saturated rings. The maximum Gasteiger partial charge on any atom is 0.184 e. The first-order valence-corrected chi connectivity index (χ1v) is 8.37. The number of carbonyl (C=O) groups excluding carboxylic acids is 1. The second kappa shape index (κ2) is 7.47. The molecular formula is C19H24O5. The predicted molar refractivity (Wildman–Crippen MR) is 88.8 cm³/mol. The van der Waals surface area contributed by atoms with Crippen molar-refractivity contribution in [3.63, 3.8) is 0 Å². The van der Waals surface area contributed by atoms with E-state index in [0.29, 0.717) is 6.61 Å². The van der Waals surface area contributed by atoms with Crippen molar-refractivity contribution < 1.29 is 23.7 Å². The number of methoxy groups -OCH3 is 1. The van der Waals surface area contributed by atoms with Gasteiger partial charge in [-0.25, -0.2) is 0 Å². The summed E-state index contributed by atoms with van der Waals surface area (Å²) in [7, 11) is 1.64. The fourth-order valence-electron chi connectivity index (χ4n) is 3.21. The summed E-state index contributed by atoms with van der Waals surface area (Å²) >= 11 is 0. The van der Waals surface area contributed by atoms with Crippen LogP contribution in [0.2, 0.25) is 0 Å². The lowest BCUT2D eigenvalue weighted by Crippen LogP contribution is -2.47. The number of hydrogen-bond acceptors (Lipinski definition) is 5. The highest BCUT2D eigenvalue weighted by Crippen LogP contribution is 2.33. The monoisotopic (exact) mass is 332 g/mol.